The van der Waals surface area contributed by atoms with Crippen molar-refractivity contribution in [2.24, 2.45) is 0 Å². The molecule has 1 aliphatic heterocycles. The lowest BCUT2D eigenvalue weighted by molar-refractivity contribution is -0.121. The van der Waals surface area contributed by atoms with Crippen LogP contribution >= 0.6 is 0 Å². The molecule has 2 rings (SSSR count). The molecule has 0 aromatic carbocycles. The lowest BCUT2D eigenvalue weighted by Crippen LogP contribution is -2.37. The van der Waals surface area contributed by atoms with Crippen LogP contribution in [-0.2, 0) is 16.1 Å². The van der Waals surface area contributed by atoms with Gasteiger partial charge in [0.1, 0.15) is 13.2 Å². The van der Waals surface area contributed by atoms with E-state index in [0.29, 0.717) is 31.3 Å². The summed E-state index contributed by atoms with van der Waals surface area (Å²) in [5.41, 5.74) is 0.709. The number of carbonyl (C=O) groups is 2. The highest BCUT2D eigenvalue weighted by atomic mass is 16.6. The summed E-state index contributed by atoms with van der Waals surface area (Å²) in [7, 11) is 3.69. The van der Waals surface area contributed by atoms with Crippen molar-refractivity contribution < 1.29 is 14.3 Å². The van der Waals surface area contributed by atoms with Gasteiger partial charge in [-0.05, 0) is 6.07 Å². The predicted molar refractivity (Wildman–Crippen MR) is 71.1 cm³/mol. The zero-order valence-electron chi connectivity index (χ0n) is 11.5. The zero-order valence-corrected chi connectivity index (χ0v) is 11.5. The van der Waals surface area contributed by atoms with Gasteiger partial charge in [0, 0.05) is 20.3 Å². The first-order valence-electron chi connectivity index (χ1n) is 6.24. The van der Waals surface area contributed by atoms with Crippen molar-refractivity contribution in [3.63, 3.8) is 0 Å². The average molecular weight is 279 g/mol. The van der Waals surface area contributed by atoms with E-state index in [4.69, 9.17) is 4.74 Å². The minimum atomic E-state index is -0.447. The maximum atomic E-state index is 11.7. The van der Waals surface area contributed by atoms with Crippen LogP contribution in [-0.4, -0.2) is 60.7 Å². The molecule has 0 aliphatic carbocycles. The number of anilines is 1. The molecule has 1 fully saturated rings. The van der Waals surface area contributed by atoms with Crippen molar-refractivity contribution in [2.75, 3.05) is 38.7 Å². The molecule has 8 nitrogen and oxygen atoms in total. The van der Waals surface area contributed by atoms with Crippen molar-refractivity contribution in [2.45, 2.75) is 6.54 Å². The summed E-state index contributed by atoms with van der Waals surface area (Å²) in [6, 6.07) is 1.73. The zero-order chi connectivity index (χ0) is 14.5. The van der Waals surface area contributed by atoms with E-state index in [2.05, 4.69) is 15.3 Å². The summed E-state index contributed by atoms with van der Waals surface area (Å²) in [5.74, 6) is 0.341. The van der Waals surface area contributed by atoms with E-state index in [9.17, 15) is 9.59 Å². The molecule has 20 heavy (non-hydrogen) atoms. The van der Waals surface area contributed by atoms with Gasteiger partial charge in [-0.25, -0.2) is 14.8 Å². The molecule has 1 aromatic rings. The summed E-state index contributed by atoms with van der Waals surface area (Å²) < 4.78 is 4.75. The Hall–Kier alpha value is -2.38. The molecule has 8 heteroatoms. The molecule has 1 aliphatic rings. The molecule has 0 radical (unpaired) electrons. The fourth-order valence-electron chi connectivity index (χ4n) is 1.69. The van der Waals surface area contributed by atoms with E-state index >= 15 is 0 Å². The SMILES string of the molecule is CN(C)c1nccc(CNC(=O)CN2CCOC2=O)n1. The van der Waals surface area contributed by atoms with E-state index in [0.717, 1.165) is 0 Å². The highest BCUT2D eigenvalue weighted by Crippen LogP contribution is 2.04. The van der Waals surface area contributed by atoms with Crippen LogP contribution in [0.3, 0.4) is 0 Å². The molecule has 0 spiro atoms. The Kier molecular flexibility index (Phi) is 4.34. The minimum absolute atomic E-state index is 0.00442. The largest absolute Gasteiger partial charge is 0.448 e. The van der Waals surface area contributed by atoms with Gasteiger partial charge >= 0.3 is 6.09 Å². The summed E-state index contributed by atoms with van der Waals surface area (Å²) >= 11 is 0. The van der Waals surface area contributed by atoms with Crippen molar-refractivity contribution in [3.8, 4) is 0 Å². The number of ether oxygens (including phenoxy) is 1. The van der Waals surface area contributed by atoms with Crippen LogP contribution in [0.15, 0.2) is 12.3 Å². The molecule has 0 bridgehead atoms. The maximum absolute atomic E-state index is 11.7. The average Bonchev–Trinajstić information content (AvgIpc) is 2.82. The van der Waals surface area contributed by atoms with Gasteiger partial charge in [0.05, 0.1) is 18.8 Å². The smallest absolute Gasteiger partial charge is 0.410 e. The lowest BCUT2D eigenvalue weighted by Gasteiger charge is -2.13. The van der Waals surface area contributed by atoms with Crippen molar-refractivity contribution >= 4 is 17.9 Å². The minimum Gasteiger partial charge on any atom is -0.448 e. The Morgan fingerprint density at radius 3 is 3.00 bits per heavy atom. The number of nitrogens with one attached hydrogen (secondary N) is 1. The number of rotatable bonds is 5. The third-order valence-corrected chi connectivity index (χ3v) is 2.75. The molecular formula is C12H17N5O3. The van der Waals surface area contributed by atoms with Gasteiger partial charge in [-0.15, -0.1) is 0 Å². The second-order valence-corrected chi connectivity index (χ2v) is 4.56. The van der Waals surface area contributed by atoms with Gasteiger partial charge < -0.3 is 15.0 Å². The predicted octanol–water partition coefficient (Wildman–Crippen LogP) is -0.389. The Morgan fingerprint density at radius 2 is 2.35 bits per heavy atom. The quantitative estimate of drug-likeness (QED) is 0.790. The first kappa shape index (κ1) is 14.0. The second kappa shape index (κ2) is 6.18. The number of nitrogens with zero attached hydrogens (tertiary/aromatic N) is 4. The van der Waals surface area contributed by atoms with Crippen LogP contribution in [0.1, 0.15) is 5.69 Å². The molecular weight excluding hydrogens is 262 g/mol. The lowest BCUT2D eigenvalue weighted by atomic mass is 10.4. The van der Waals surface area contributed by atoms with Gasteiger partial charge in [-0.1, -0.05) is 0 Å². The monoisotopic (exact) mass is 279 g/mol. The molecule has 0 unspecified atom stereocenters. The summed E-state index contributed by atoms with van der Waals surface area (Å²) in [6.45, 7) is 1.09. The topological polar surface area (TPSA) is 87.7 Å². The van der Waals surface area contributed by atoms with Gasteiger partial charge in [0.2, 0.25) is 11.9 Å². The van der Waals surface area contributed by atoms with Crippen molar-refractivity contribution in [1.29, 1.82) is 0 Å². The number of carbonyl (C=O) groups excluding carboxylic acids is 2. The highest BCUT2D eigenvalue weighted by Gasteiger charge is 2.23. The van der Waals surface area contributed by atoms with Crippen molar-refractivity contribution in [1.82, 2.24) is 20.2 Å². The maximum Gasteiger partial charge on any atom is 0.410 e. The number of cyclic esters (lactones) is 1. The van der Waals surface area contributed by atoms with Crippen LogP contribution in [0.2, 0.25) is 0 Å². The summed E-state index contributed by atoms with van der Waals surface area (Å²) in [5, 5.41) is 2.72. The molecule has 2 amide bonds. The normalized spacial score (nSPS) is 14.1. The molecule has 1 N–H and O–H groups in total. The van der Waals surface area contributed by atoms with Crippen LogP contribution in [0.4, 0.5) is 10.7 Å². The Bertz CT molecular complexity index is 506. The van der Waals surface area contributed by atoms with Gasteiger partial charge in [0.15, 0.2) is 0 Å². The highest BCUT2D eigenvalue weighted by molar-refractivity contribution is 5.82. The molecule has 108 valence electrons. The summed E-state index contributed by atoms with van der Waals surface area (Å²) in [6.07, 6.45) is 1.19. The fraction of sp³-hybridized carbons (Fsp3) is 0.500. The second-order valence-electron chi connectivity index (χ2n) is 4.56. The van der Waals surface area contributed by atoms with E-state index in [1.165, 1.54) is 4.90 Å². The van der Waals surface area contributed by atoms with Gasteiger partial charge in [0.25, 0.3) is 0 Å². The third-order valence-electron chi connectivity index (χ3n) is 2.75. The van der Waals surface area contributed by atoms with Crippen LogP contribution in [0.25, 0.3) is 0 Å². The first-order valence-corrected chi connectivity index (χ1v) is 6.24. The number of amides is 2. The van der Waals surface area contributed by atoms with Crippen LogP contribution in [0.5, 0.6) is 0 Å². The third kappa shape index (κ3) is 3.56. The fourth-order valence-corrected chi connectivity index (χ4v) is 1.69. The van der Waals surface area contributed by atoms with E-state index < -0.39 is 6.09 Å². The Labute approximate surface area is 116 Å². The summed E-state index contributed by atoms with van der Waals surface area (Å²) in [4.78, 5) is 34.4. The van der Waals surface area contributed by atoms with Crippen molar-refractivity contribution in [3.05, 3.63) is 18.0 Å². The number of hydrogen-bond donors (Lipinski definition) is 1. The molecule has 2 heterocycles. The standard InChI is InChI=1S/C12H17N5O3/c1-16(2)11-13-4-3-9(15-11)7-14-10(18)8-17-5-6-20-12(17)19/h3-4H,5-8H2,1-2H3,(H,14,18). The van der Waals surface area contributed by atoms with Crippen LogP contribution in [0, 0.1) is 0 Å². The molecule has 1 saturated heterocycles. The van der Waals surface area contributed by atoms with Gasteiger partial charge in [-0.3, -0.25) is 9.69 Å². The van der Waals surface area contributed by atoms with Crippen LogP contribution < -0.4 is 10.2 Å². The Balaban J connectivity index is 1.84. The van der Waals surface area contributed by atoms with E-state index in [1.807, 2.05) is 14.1 Å². The molecule has 0 atom stereocenters. The number of hydrogen-bond acceptors (Lipinski definition) is 6. The van der Waals surface area contributed by atoms with E-state index in [-0.39, 0.29) is 12.5 Å². The molecule has 0 saturated carbocycles. The van der Waals surface area contributed by atoms with E-state index in [1.54, 1.807) is 17.2 Å². The Morgan fingerprint density at radius 1 is 1.55 bits per heavy atom. The first-order chi connectivity index (χ1) is 9.56. The number of aromatic nitrogens is 2. The molecule has 1 aromatic heterocycles. The van der Waals surface area contributed by atoms with Gasteiger partial charge in [-0.2, -0.15) is 0 Å².